The van der Waals surface area contributed by atoms with E-state index in [0.717, 1.165) is 47.0 Å². The van der Waals surface area contributed by atoms with Crippen LogP contribution in [0.5, 0.6) is 5.75 Å². The van der Waals surface area contributed by atoms with Crippen LogP contribution in [0.1, 0.15) is 87.9 Å². The van der Waals surface area contributed by atoms with E-state index in [-0.39, 0.29) is 140 Å². The first kappa shape index (κ1) is 94.3. The van der Waals surface area contributed by atoms with E-state index < -0.39 is 159 Å². The largest absolute Gasteiger partial charge is 0.744 e. The number of aromatic carboxylic acids is 1. The van der Waals surface area contributed by atoms with Gasteiger partial charge in [-0.2, -0.15) is 12.6 Å². The number of ketones is 5. The average molecular weight is 1620 g/mol. The molecule has 1 fully saturated rings. The maximum Gasteiger partial charge on any atom is 0.372 e. The van der Waals surface area contributed by atoms with Crippen LogP contribution in [0.25, 0.3) is 5.57 Å². The van der Waals surface area contributed by atoms with Crippen molar-refractivity contribution in [3.05, 3.63) is 153 Å². The Morgan fingerprint density at radius 3 is 1.65 bits per heavy atom. The third kappa shape index (κ3) is 28.3. The second-order valence-corrected chi connectivity index (χ2v) is 29.1. The number of benzene rings is 4. The molecular weight excluding hydrogens is 1530 g/mol. The first-order valence-electron chi connectivity index (χ1n) is 34.2. The van der Waals surface area contributed by atoms with Crippen LogP contribution in [0, 0.1) is 11.8 Å². The van der Waals surface area contributed by atoms with Crippen molar-refractivity contribution in [3.8, 4) is 5.75 Å². The van der Waals surface area contributed by atoms with Crippen molar-refractivity contribution in [2.45, 2.75) is 86.1 Å². The number of fused-ring (bicyclic) bond motifs is 2. The van der Waals surface area contributed by atoms with E-state index in [1.54, 1.807) is 37.4 Å². The summed E-state index contributed by atoms with van der Waals surface area (Å²) < 4.78 is 102. The molecule has 12 N–H and O–H groups in total. The summed E-state index contributed by atoms with van der Waals surface area (Å²) in [7, 11) is -7.24. The van der Waals surface area contributed by atoms with Gasteiger partial charge < -0.3 is 80.8 Å². The number of allylic oxidation sites excluding steroid dienone is 1. The number of thiol groups is 1. The quantitative estimate of drug-likeness (QED) is 0.00412. The van der Waals surface area contributed by atoms with Crippen LogP contribution in [0.2, 0.25) is 0 Å². The number of anilines is 1. The number of likely N-dealkylation sites (N-methyl/N-ethyl adjacent to an activating group) is 2. The van der Waals surface area contributed by atoms with Crippen molar-refractivity contribution in [1.82, 2.24) is 26.2 Å². The number of nitrogens with two attached hydrogens (primary N) is 1. The lowest BCUT2D eigenvalue weighted by molar-refractivity contribution is -0.389. The van der Waals surface area contributed by atoms with E-state index in [1.807, 2.05) is 37.4 Å². The molecule has 0 saturated carbocycles. The number of carbonyl (C=O) groups is 12. The molecule has 4 amide bonds. The molecule has 3 aliphatic rings. The second-order valence-electron chi connectivity index (χ2n) is 24.9. The molecule has 2 heterocycles. The Hall–Kier alpha value is -9.09. The van der Waals surface area contributed by atoms with Gasteiger partial charge in [0.1, 0.15) is 36.1 Å². The number of imide groups is 1. The summed E-state index contributed by atoms with van der Waals surface area (Å²) in [6.45, 7) is 3.65. The van der Waals surface area contributed by atoms with Gasteiger partial charge in [-0.25, -0.2) is 31.2 Å². The van der Waals surface area contributed by atoms with Gasteiger partial charge in [0.15, 0.2) is 28.9 Å². The van der Waals surface area contributed by atoms with E-state index in [2.05, 4.69) is 39.6 Å². The second kappa shape index (κ2) is 46.0. The lowest BCUT2D eigenvalue weighted by Crippen LogP contribution is -2.62. The number of rotatable bonds is 47. The van der Waals surface area contributed by atoms with Crippen molar-refractivity contribution in [2.24, 2.45) is 11.8 Å². The monoisotopic (exact) mass is 1610 g/mol. The summed E-state index contributed by atoms with van der Waals surface area (Å²) >= 11 is 4.80. The predicted octanol–water partition coefficient (Wildman–Crippen LogP) is 0.179. The Morgan fingerprint density at radius 2 is 1.17 bits per heavy atom. The fraction of sp³-hybridized carbons (Fsp3) is 0.417. The lowest BCUT2D eigenvalue weighted by atomic mass is 9.84. The number of carboxylic acids is 3. The third-order valence-corrected chi connectivity index (χ3v) is 20.8. The zero-order valence-corrected chi connectivity index (χ0v) is 64.0. The highest BCUT2D eigenvalue weighted by atomic mass is 32.2. The normalized spacial score (nSPS) is 15.5. The summed E-state index contributed by atoms with van der Waals surface area (Å²) in [6, 6.07) is 19.9. The smallest absolute Gasteiger partial charge is 0.372 e. The molecule has 7 rings (SSSR count). The van der Waals surface area contributed by atoms with Gasteiger partial charge >= 0.3 is 17.9 Å². The number of carboxylic acid groups (broad SMARTS) is 3. The zero-order valence-electron chi connectivity index (χ0n) is 60.6. The van der Waals surface area contributed by atoms with Gasteiger partial charge in [-0.1, -0.05) is 72.8 Å². The number of hydrogen-bond donors (Lipinski definition) is 10. The molecular formula is C72H86B2N7O26S4-. The first-order chi connectivity index (χ1) is 51.8. The topological polar surface area (TPSA) is 531 Å². The van der Waals surface area contributed by atoms with Crippen LogP contribution in [0.3, 0.4) is 0 Å². The number of nitrogens with one attached hydrogen (secondary N) is 4. The van der Waals surface area contributed by atoms with Gasteiger partial charge in [0, 0.05) is 121 Å². The summed E-state index contributed by atoms with van der Waals surface area (Å²) in [5, 5.41) is 39.2. The predicted molar refractivity (Wildman–Crippen MR) is 404 cm³/mol. The Kier molecular flexibility index (Phi) is 39.1. The number of quaternary nitrogens is 1. The minimum absolute atomic E-state index is 0. The lowest BCUT2D eigenvalue weighted by Gasteiger charge is -2.32. The van der Waals surface area contributed by atoms with Crippen molar-refractivity contribution >= 4 is 143 Å². The highest BCUT2D eigenvalue weighted by molar-refractivity contribution is 8.00. The highest BCUT2D eigenvalue weighted by Gasteiger charge is 2.42. The third-order valence-electron chi connectivity index (χ3n) is 17.0. The van der Waals surface area contributed by atoms with Gasteiger partial charge in [0.2, 0.25) is 35.2 Å². The number of amides is 4. The zero-order chi connectivity index (χ0) is 80.1. The molecule has 39 heteroatoms. The number of aliphatic carboxylic acids is 2. The molecule has 111 heavy (non-hydrogen) atoms. The summed E-state index contributed by atoms with van der Waals surface area (Å²) in [4.78, 5) is 152. The number of Topliss-reactive ketones (excluding diaryl/α,β-unsaturated/α-hetero) is 5. The highest BCUT2D eigenvalue weighted by Crippen LogP contribution is 2.49. The van der Waals surface area contributed by atoms with Crippen LogP contribution in [-0.2, 0) is 100.0 Å². The minimum Gasteiger partial charge on any atom is -0.744 e. The van der Waals surface area contributed by atoms with Crippen molar-refractivity contribution in [3.63, 3.8) is 0 Å². The molecule has 0 bridgehead atoms. The number of hydrogen-bond acceptors (Lipinski definition) is 28. The maximum absolute atomic E-state index is 13.8. The fourth-order valence-electron chi connectivity index (χ4n) is 11.5. The average Bonchev–Trinajstić information content (AvgIpc) is 0.995. The van der Waals surface area contributed by atoms with Gasteiger partial charge in [0.05, 0.1) is 81.4 Å². The molecule has 6 radical (unpaired) electrons. The SMILES string of the molecule is CNCCOCCOCCC(=O)NC(Cc1ccccc1)C(=O)CC(CS)C(=O)C(=O)O.CNCCOCCOCCC(=O)NC(Cc1ccccc1)C(=O)CC(CSC1CC(=O)N(CCCC(=O)c2ccc(C3=C4C=CC([NH3+])C(S(=O)(=O)[O-])=C4Oc4c3ccc(N)c4S(=O)(=O)[O-])c(C(=O)O)c2)C1=O)C(=O)C(=O)O.[B].[B]. The number of thioether (sulfide) groups is 1. The molecule has 2 aliphatic heterocycles. The van der Waals surface area contributed by atoms with Gasteiger partial charge in [-0.05, 0) is 80.4 Å². The number of carbonyl (C=O) groups excluding carboxylic acids is 9. The molecule has 1 saturated heterocycles. The van der Waals surface area contributed by atoms with Crippen LogP contribution >= 0.6 is 24.4 Å². The van der Waals surface area contributed by atoms with Crippen LogP contribution in [0.15, 0.2) is 124 Å². The molecule has 4 aromatic rings. The molecule has 6 atom stereocenters. The van der Waals surface area contributed by atoms with Gasteiger partial charge in [0.25, 0.3) is 0 Å². The summed E-state index contributed by atoms with van der Waals surface area (Å²) in [5.41, 5.74) is 8.75. The van der Waals surface area contributed by atoms with E-state index in [4.69, 9.17) is 34.5 Å². The molecule has 0 aromatic heterocycles. The Morgan fingerprint density at radius 1 is 0.676 bits per heavy atom. The van der Waals surface area contributed by atoms with Crippen molar-refractivity contribution < 1.29 is 128 Å². The first-order valence-corrected chi connectivity index (χ1v) is 38.7. The van der Waals surface area contributed by atoms with Crippen molar-refractivity contribution in [2.75, 3.05) is 104 Å². The number of ether oxygens (including phenoxy) is 5. The minimum atomic E-state index is -5.46. The van der Waals surface area contributed by atoms with Gasteiger partial charge in [-0.3, -0.25) is 48.1 Å². The molecule has 4 aromatic carbocycles. The molecule has 6 unspecified atom stereocenters. The van der Waals surface area contributed by atoms with Gasteiger partial charge in [-0.15, -0.1) is 11.8 Å². The van der Waals surface area contributed by atoms with Crippen molar-refractivity contribution in [1.29, 1.82) is 0 Å². The van der Waals surface area contributed by atoms with E-state index in [1.165, 1.54) is 24.3 Å². The Bertz CT molecular complexity index is 4340. The standard InChI is InChI=1S/C50H55N5O19S3.C22H32N2O7S.2B/c1-53-16-19-73-21-20-72-18-15-40(58)54-36(22-27-6-3-2-4-7-27)38(57)24-29(43(60)50(64)65)26-75-39-25-41(59)55(48(39)61)17-5-8-37(56)28-9-10-30(33(23-28)49(62)63)42-31-11-13-34(51)46(76(66,67)68)44(31)74-45-32(42)12-14-35(52)47(45)77(69,70)71;1-23-8-10-31-12-11-30-9-7-20(26)24-18(13-16-5-3-2-4-6-16)19(25)14-17(15-32)21(27)22(28)29;;/h2-4,6-7,9-14,23,29,34,36,39,53H,5,8,15-22,24-26,51-52H2,1H3,(H,54,58)(H,62,63)(H,64,65)(H,66,67,68)(H,69,70,71);2-6,17-18,23,32H,7-15H2,1H3,(H,24,26)(H,28,29);;/p-1. The Balaban J connectivity index is 0.000000642. The molecule has 596 valence electrons. The van der Waals surface area contributed by atoms with Crippen LogP contribution in [-0.4, -0.2) is 255 Å². The number of likely N-dealkylation sites (tertiary alicyclic amines) is 1. The van der Waals surface area contributed by atoms with E-state index in [9.17, 15) is 93.7 Å². The van der Waals surface area contributed by atoms with E-state index >= 15 is 0 Å². The fourth-order valence-corrected chi connectivity index (χ4v) is 14.6. The molecule has 0 spiro atoms. The molecule has 33 nitrogen and oxygen atoms in total. The summed E-state index contributed by atoms with van der Waals surface area (Å²) in [6.07, 6.45) is 0.900. The maximum atomic E-state index is 13.8. The van der Waals surface area contributed by atoms with Crippen LogP contribution in [0.4, 0.5) is 5.69 Å². The number of nitrogens with zero attached hydrogens (tertiary/aromatic N) is 1. The Labute approximate surface area is 654 Å². The summed E-state index contributed by atoms with van der Waals surface area (Å²) in [5.74, 6) is -15.9. The van der Waals surface area contributed by atoms with Crippen LogP contribution < -0.4 is 37.5 Å². The number of nitrogen functional groups attached to an aromatic ring is 1. The molecule has 1 aliphatic carbocycles. The van der Waals surface area contributed by atoms with E-state index in [0.29, 0.717) is 45.1 Å².